The molecule has 0 spiro atoms. The third kappa shape index (κ3) is 36.7. The number of carbonyl (C=O) groups excluding carboxylic acids is 2. The van der Waals surface area contributed by atoms with Gasteiger partial charge in [-0.15, -0.1) is 6.58 Å². The number of unbranched alkanes of at least 4 members (excludes halogenated alkanes) is 22. The molecule has 0 radical (unpaired) electrons. The molecule has 0 fully saturated rings. The van der Waals surface area contributed by atoms with Gasteiger partial charge in [0.1, 0.15) is 0 Å². The molecule has 0 bridgehead atoms. The smallest absolute Gasteiger partial charge is 0.308 e. The van der Waals surface area contributed by atoms with Crippen molar-refractivity contribution in [3.8, 4) is 0 Å². The maximum absolute atomic E-state index is 13.0. The Morgan fingerprint density at radius 2 is 0.709 bits per heavy atom. The second-order valence-corrected chi connectivity index (χ2v) is 17.3. The van der Waals surface area contributed by atoms with E-state index in [1.807, 2.05) is 0 Å². The van der Waals surface area contributed by atoms with Crippen molar-refractivity contribution in [1.82, 2.24) is 4.90 Å². The van der Waals surface area contributed by atoms with Crippen LogP contribution in [0.4, 0.5) is 0 Å². The summed E-state index contributed by atoms with van der Waals surface area (Å²) < 4.78 is 11.7. The topological polar surface area (TPSA) is 55.8 Å². The van der Waals surface area contributed by atoms with Gasteiger partial charge in [0.15, 0.2) is 0 Å². The molecule has 0 aromatic rings. The minimum atomic E-state index is 0.0670. The van der Waals surface area contributed by atoms with Gasteiger partial charge in [-0.3, -0.25) is 9.59 Å². The summed E-state index contributed by atoms with van der Waals surface area (Å²) in [5, 5.41) is 0. The summed E-state index contributed by atoms with van der Waals surface area (Å²) in [5.41, 5.74) is 1.27. The number of ether oxygens (including phenoxy) is 2. The maximum Gasteiger partial charge on any atom is 0.308 e. The standard InChI is InChI=1S/C50H97NO4/c1-7-11-15-19-21-29-39-47(37-27-17-13-9-3)49(52)54-44-33-25-23-31-41-51(43-35-36-46(5)6)42-32-24-26-34-45-55-50(53)48(38-28-18-14-10-4)40-30-22-20-16-12-8-2/h47-48H,5,7-45H2,1-4,6H3. The normalized spacial score (nSPS) is 12.6. The van der Waals surface area contributed by atoms with Gasteiger partial charge < -0.3 is 14.4 Å². The molecule has 0 saturated carbocycles. The molecule has 0 aromatic carbocycles. The average molecular weight is 776 g/mol. The van der Waals surface area contributed by atoms with Crippen LogP contribution in [0.5, 0.6) is 0 Å². The van der Waals surface area contributed by atoms with E-state index in [2.05, 4.69) is 46.1 Å². The lowest BCUT2D eigenvalue weighted by Gasteiger charge is -2.22. The number of nitrogens with zero attached hydrogens (tertiary/aromatic N) is 1. The number of hydrogen-bond donors (Lipinski definition) is 0. The van der Waals surface area contributed by atoms with E-state index >= 15 is 0 Å². The first-order chi connectivity index (χ1) is 26.9. The van der Waals surface area contributed by atoms with E-state index < -0.39 is 0 Å². The molecule has 0 aliphatic heterocycles. The number of esters is 2. The summed E-state index contributed by atoms with van der Waals surface area (Å²) in [4.78, 5) is 28.7. The second kappa shape index (κ2) is 42.3. The van der Waals surface area contributed by atoms with Gasteiger partial charge >= 0.3 is 11.9 Å². The fraction of sp³-hybridized carbons (Fsp3) is 0.920. The van der Waals surface area contributed by atoms with E-state index in [0.717, 1.165) is 103 Å². The lowest BCUT2D eigenvalue weighted by atomic mass is 9.94. The highest BCUT2D eigenvalue weighted by atomic mass is 16.5. The molecule has 326 valence electrons. The summed E-state index contributed by atoms with van der Waals surface area (Å²) in [5.74, 6) is 0.334. The van der Waals surface area contributed by atoms with Gasteiger partial charge in [-0.2, -0.15) is 0 Å². The number of rotatable bonds is 44. The van der Waals surface area contributed by atoms with Gasteiger partial charge in [-0.1, -0.05) is 187 Å². The molecule has 0 aliphatic carbocycles. The quantitative estimate of drug-likeness (QED) is 0.0350. The van der Waals surface area contributed by atoms with Gasteiger partial charge in [0, 0.05) is 0 Å². The van der Waals surface area contributed by atoms with Crippen molar-refractivity contribution in [2.45, 2.75) is 253 Å². The molecule has 5 heteroatoms. The molecule has 5 nitrogen and oxygen atoms in total. The van der Waals surface area contributed by atoms with E-state index in [4.69, 9.17) is 9.47 Å². The SMILES string of the molecule is C=C(C)CCCN(CCCCCCOC(=O)C(CCCCCC)CCCCCCCC)CCCCCCOC(=O)C(CCCCCC)CCCCCCCC. The Labute approximate surface area is 344 Å². The molecule has 0 N–H and O–H groups in total. The lowest BCUT2D eigenvalue weighted by Crippen LogP contribution is -2.27. The monoisotopic (exact) mass is 776 g/mol. The van der Waals surface area contributed by atoms with Crippen LogP contribution in [0, 0.1) is 11.8 Å². The van der Waals surface area contributed by atoms with Crippen molar-refractivity contribution >= 4 is 11.9 Å². The van der Waals surface area contributed by atoms with Gasteiger partial charge in [0.2, 0.25) is 0 Å². The van der Waals surface area contributed by atoms with E-state index in [1.54, 1.807) is 0 Å². The molecule has 2 unspecified atom stereocenters. The van der Waals surface area contributed by atoms with E-state index in [0.29, 0.717) is 13.2 Å². The zero-order valence-corrected chi connectivity index (χ0v) is 38.0. The van der Waals surface area contributed by atoms with Crippen LogP contribution in [-0.4, -0.2) is 49.7 Å². The van der Waals surface area contributed by atoms with Crippen molar-refractivity contribution in [2.75, 3.05) is 32.8 Å². The Morgan fingerprint density at radius 3 is 1.07 bits per heavy atom. The Balaban J connectivity index is 4.44. The molecule has 0 rings (SSSR count). The largest absolute Gasteiger partial charge is 0.465 e. The van der Waals surface area contributed by atoms with E-state index in [9.17, 15) is 9.59 Å². The summed E-state index contributed by atoms with van der Waals surface area (Å²) >= 11 is 0. The molecule has 0 heterocycles. The van der Waals surface area contributed by atoms with Crippen molar-refractivity contribution in [2.24, 2.45) is 11.8 Å². The maximum atomic E-state index is 13.0. The zero-order chi connectivity index (χ0) is 40.5. The first-order valence-corrected chi connectivity index (χ1v) is 24.6. The first kappa shape index (κ1) is 53.6. The van der Waals surface area contributed by atoms with Gasteiger partial charge in [0.05, 0.1) is 25.0 Å². The predicted octanol–water partition coefficient (Wildman–Crippen LogP) is 15.5. The summed E-state index contributed by atoms with van der Waals surface area (Å²) in [6.45, 7) is 19.9. The molecule has 0 aromatic heterocycles. The van der Waals surface area contributed by atoms with Crippen molar-refractivity contribution < 1.29 is 19.1 Å². The molecular weight excluding hydrogens is 679 g/mol. The van der Waals surface area contributed by atoms with Crippen LogP contribution in [0.15, 0.2) is 12.2 Å². The van der Waals surface area contributed by atoms with Crippen LogP contribution >= 0.6 is 0 Å². The average Bonchev–Trinajstić information content (AvgIpc) is 3.17. The van der Waals surface area contributed by atoms with Crippen LogP contribution in [0.1, 0.15) is 253 Å². The zero-order valence-electron chi connectivity index (χ0n) is 38.0. The highest BCUT2D eigenvalue weighted by Crippen LogP contribution is 2.22. The van der Waals surface area contributed by atoms with Gasteiger partial charge in [0.25, 0.3) is 0 Å². The highest BCUT2D eigenvalue weighted by Gasteiger charge is 2.20. The van der Waals surface area contributed by atoms with Gasteiger partial charge in [-0.25, -0.2) is 0 Å². The molecule has 55 heavy (non-hydrogen) atoms. The molecule has 0 saturated heterocycles. The molecule has 0 aliphatic rings. The van der Waals surface area contributed by atoms with Crippen LogP contribution in [0.25, 0.3) is 0 Å². The third-order valence-electron chi connectivity index (χ3n) is 11.6. The fourth-order valence-electron chi connectivity index (χ4n) is 7.84. The minimum Gasteiger partial charge on any atom is -0.465 e. The number of hydrogen-bond acceptors (Lipinski definition) is 5. The van der Waals surface area contributed by atoms with Crippen LogP contribution in [0.2, 0.25) is 0 Å². The summed E-state index contributed by atoms with van der Waals surface area (Å²) in [6.07, 6.45) is 40.4. The molecule has 0 amide bonds. The van der Waals surface area contributed by atoms with Crippen molar-refractivity contribution in [3.63, 3.8) is 0 Å². The second-order valence-electron chi connectivity index (χ2n) is 17.3. The third-order valence-corrected chi connectivity index (χ3v) is 11.6. The van der Waals surface area contributed by atoms with Gasteiger partial charge in [-0.05, 0) is 90.8 Å². The Kier molecular flexibility index (Phi) is 41.2. The van der Waals surface area contributed by atoms with Crippen molar-refractivity contribution in [1.29, 1.82) is 0 Å². The number of allylic oxidation sites excluding steroid dienone is 1. The first-order valence-electron chi connectivity index (χ1n) is 24.6. The van der Waals surface area contributed by atoms with E-state index in [-0.39, 0.29) is 23.8 Å². The van der Waals surface area contributed by atoms with Crippen LogP contribution in [0.3, 0.4) is 0 Å². The molecular formula is C50H97NO4. The van der Waals surface area contributed by atoms with E-state index in [1.165, 1.54) is 140 Å². The fourth-order valence-corrected chi connectivity index (χ4v) is 7.84. The van der Waals surface area contributed by atoms with Crippen LogP contribution < -0.4 is 0 Å². The minimum absolute atomic E-state index is 0.0670. The molecule has 2 atom stereocenters. The summed E-state index contributed by atoms with van der Waals surface area (Å²) in [7, 11) is 0. The van der Waals surface area contributed by atoms with Crippen LogP contribution in [-0.2, 0) is 19.1 Å². The Hall–Kier alpha value is -1.36. The lowest BCUT2D eigenvalue weighted by molar-refractivity contribution is -0.150. The Morgan fingerprint density at radius 1 is 0.418 bits per heavy atom. The summed E-state index contributed by atoms with van der Waals surface area (Å²) in [6, 6.07) is 0. The highest BCUT2D eigenvalue weighted by molar-refractivity contribution is 5.72. The number of carbonyl (C=O) groups is 2. The predicted molar refractivity (Wildman–Crippen MR) is 240 cm³/mol. The Bertz CT molecular complexity index is 786. The van der Waals surface area contributed by atoms with Crippen molar-refractivity contribution in [3.05, 3.63) is 12.2 Å².